The van der Waals surface area contributed by atoms with E-state index in [1.807, 2.05) is 19.1 Å². The minimum Gasteiger partial charge on any atom is -0.507 e. The number of benzene rings is 3. The molecule has 3 aromatic carbocycles. The fourth-order valence-corrected chi connectivity index (χ4v) is 3.26. The van der Waals surface area contributed by atoms with E-state index in [1.54, 1.807) is 36.4 Å². The lowest BCUT2D eigenvalue weighted by Crippen LogP contribution is -2.01. The zero-order valence-electron chi connectivity index (χ0n) is 18.7. The van der Waals surface area contributed by atoms with Crippen LogP contribution in [0.5, 0.6) is 28.7 Å². The number of rotatable bonds is 9. The number of nitrogens with two attached hydrogens (primary N) is 1. The number of non-ortho nitro benzene ring substituents is 1. The van der Waals surface area contributed by atoms with Gasteiger partial charge in [0, 0.05) is 23.8 Å². The van der Waals surface area contributed by atoms with Crippen molar-refractivity contribution in [3.05, 3.63) is 88.6 Å². The molecule has 0 aliphatic heterocycles. The van der Waals surface area contributed by atoms with Crippen molar-refractivity contribution in [3.8, 4) is 40.0 Å². The number of ether oxygens (including phenoxy) is 3. The van der Waals surface area contributed by atoms with E-state index in [0.717, 1.165) is 5.56 Å². The summed E-state index contributed by atoms with van der Waals surface area (Å²) < 4.78 is 17.4. The zero-order valence-corrected chi connectivity index (χ0v) is 18.7. The Balaban J connectivity index is 1.56. The molecule has 178 valence electrons. The third-order valence-corrected chi connectivity index (χ3v) is 4.92. The maximum Gasteiger partial charge on any atom is 0.269 e. The second-order valence-corrected chi connectivity index (χ2v) is 7.31. The molecule has 0 fully saturated rings. The molecule has 0 radical (unpaired) electrons. The number of aromatic hydroxyl groups is 1. The Bertz CT molecular complexity index is 1340. The number of anilines is 1. The Labute approximate surface area is 200 Å². The van der Waals surface area contributed by atoms with Crippen LogP contribution in [0.15, 0.2) is 72.9 Å². The van der Waals surface area contributed by atoms with Crippen molar-refractivity contribution < 1.29 is 24.2 Å². The largest absolute Gasteiger partial charge is 0.507 e. The van der Waals surface area contributed by atoms with E-state index in [9.17, 15) is 15.2 Å². The number of nitro groups is 1. The molecular formula is C25H22N4O6. The first-order valence-electron chi connectivity index (χ1n) is 10.7. The monoisotopic (exact) mass is 474 g/mol. The quantitative estimate of drug-likeness (QED) is 0.250. The fraction of sp³-hybridized carbons (Fsp3) is 0.120. The lowest BCUT2D eigenvalue weighted by molar-refractivity contribution is -0.384. The lowest BCUT2D eigenvalue weighted by atomic mass is 10.1. The number of nitrogens with zero attached hydrogens (tertiary/aromatic N) is 3. The van der Waals surface area contributed by atoms with Gasteiger partial charge in [-0.3, -0.25) is 10.1 Å². The lowest BCUT2D eigenvalue weighted by Gasteiger charge is -2.15. The number of hydrogen-bond acceptors (Lipinski definition) is 9. The second-order valence-electron chi connectivity index (χ2n) is 7.31. The summed E-state index contributed by atoms with van der Waals surface area (Å²) in [5, 5.41) is 21.5. The van der Waals surface area contributed by atoms with Crippen LogP contribution in [0.25, 0.3) is 11.3 Å². The SMILES string of the molecule is CCOc1ccccc1Oc1cnc(N)nc1-c1ccc(OCc2ccc([N+](=O)[O-])cc2)cc1O. The third kappa shape index (κ3) is 5.56. The maximum absolute atomic E-state index is 10.8. The average Bonchev–Trinajstić information content (AvgIpc) is 2.85. The highest BCUT2D eigenvalue weighted by Gasteiger charge is 2.17. The van der Waals surface area contributed by atoms with E-state index >= 15 is 0 Å². The highest BCUT2D eigenvalue weighted by Crippen LogP contribution is 2.40. The van der Waals surface area contributed by atoms with Gasteiger partial charge in [-0.1, -0.05) is 12.1 Å². The molecule has 0 atom stereocenters. The molecule has 0 saturated carbocycles. The number of para-hydroxylation sites is 2. The molecule has 0 unspecified atom stereocenters. The summed E-state index contributed by atoms with van der Waals surface area (Å²) in [4.78, 5) is 18.6. The number of phenols is 1. The van der Waals surface area contributed by atoms with Crippen molar-refractivity contribution in [2.75, 3.05) is 12.3 Å². The molecule has 1 aromatic heterocycles. The van der Waals surface area contributed by atoms with Crippen molar-refractivity contribution in [1.82, 2.24) is 9.97 Å². The molecule has 0 spiro atoms. The number of aromatic nitrogens is 2. The predicted molar refractivity (Wildman–Crippen MR) is 129 cm³/mol. The highest BCUT2D eigenvalue weighted by atomic mass is 16.6. The summed E-state index contributed by atoms with van der Waals surface area (Å²) in [6.07, 6.45) is 1.43. The van der Waals surface area contributed by atoms with Gasteiger partial charge in [-0.05, 0) is 48.9 Å². The summed E-state index contributed by atoms with van der Waals surface area (Å²) in [6.45, 7) is 2.51. The first-order chi connectivity index (χ1) is 16.9. The maximum atomic E-state index is 10.8. The number of phenolic OH excluding ortho intramolecular Hbond substituents is 1. The van der Waals surface area contributed by atoms with Gasteiger partial charge in [0.2, 0.25) is 5.95 Å². The van der Waals surface area contributed by atoms with Crippen LogP contribution in [-0.4, -0.2) is 26.6 Å². The summed E-state index contributed by atoms with van der Waals surface area (Å²) in [7, 11) is 0. The van der Waals surface area contributed by atoms with Crippen LogP contribution >= 0.6 is 0 Å². The number of nitrogen functional groups attached to an aromatic ring is 1. The minimum absolute atomic E-state index is 0.00164. The fourth-order valence-electron chi connectivity index (χ4n) is 3.26. The molecule has 0 aliphatic carbocycles. The summed E-state index contributed by atoms with van der Waals surface area (Å²) in [5.74, 6) is 1.61. The first kappa shape index (κ1) is 23.3. The van der Waals surface area contributed by atoms with E-state index in [1.165, 1.54) is 24.4 Å². The first-order valence-corrected chi connectivity index (χ1v) is 10.7. The average molecular weight is 474 g/mol. The molecular weight excluding hydrogens is 452 g/mol. The van der Waals surface area contributed by atoms with Crippen LogP contribution in [0.2, 0.25) is 0 Å². The smallest absolute Gasteiger partial charge is 0.269 e. The van der Waals surface area contributed by atoms with Crippen molar-refractivity contribution in [3.63, 3.8) is 0 Å². The van der Waals surface area contributed by atoms with Gasteiger partial charge in [-0.2, -0.15) is 0 Å². The van der Waals surface area contributed by atoms with Gasteiger partial charge in [-0.25, -0.2) is 9.97 Å². The third-order valence-electron chi connectivity index (χ3n) is 4.92. The minimum atomic E-state index is -0.464. The standard InChI is InChI=1S/C25H22N4O6/c1-2-33-21-5-3-4-6-22(21)35-23-14-27-25(26)28-24(23)19-12-11-18(13-20(19)30)34-15-16-7-9-17(10-8-16)29(31)32/h3-14,30H,2,15H2,1H3,(H2,26,27,28). The summed E-state index contributed by atoms with van der Waals surface area (Å²) >= 11 is 0. The highest BCUT2D eigenvalue weighted by molar-refractivity contribution is 5.74. The van der Waals surface area contributed by atoms with Crippen molar-refractivity contribution in [2.24, 2.45) is 0 Å². The Hall–Kier alpha value is -4.86. The predicted octanol–water partition coefficient (Wildman–Crippen LogP) is 5.11. The zero-order chi connectivity index (χ0) is 24.8. The van der Waals surface area contributed by atoms with Crippen molar-refractivity contribution in [1.29, 1.82) is 0 Å². The van der Waals surface area contributed by atoms with Crippen molar-refractivity contribution >= 4 is 11.6 Å². The molecule has 4 rings (SSSR count). The van der Waals surface area contributed by atoms with Gasteiger partial charge in [0.05, 0.1) is 17.7 Å². The van der Waals surface area contributed by atoms with Crippen LogP contribution in [-0.2, 0) is 6.61 Å². The van der Waals surface area contributed by atoms with E-state index < -0.39 is 4.92 Å². The molecule has 0 aliphatic rings. The van der Waals surface area contributed by atoms with Crippen LogP contribution in [0.1, 0.15) is 12.5 Å². The normalized spacial score (nSPS) is 10.5. The van der Waals surface area contributed by atoms with Gasteiger partial charge < -0.3 is 25.1 Å². The topological polar surface area (TPSA) is 143 Å². The van der Waals surface area contributed by atoms with Gasteiger partial charge in [0.25, 0.3) is 5.69 Å². The molecule has 10 heteroatoms. The molecule has 3 N–H and O–H groups in total. The molecule has 1 heterocycles. The van der Waals surface area contributed by atoms with Gasteiger partial charge in [0.15, 0.2) is 17.2 Å². The summed E-state index contributed by atoms with van der Waals surface area (Å²) in [5.41, 5.74) is 7.21. The molecule has 0 amide bonds. The van der Waals surface area contributed by atoms with Crippen LogP contribution < -0.4 is 19.9 Å². The Morgan fingerprint density at radius 2 is 1.74 bits per heavy atom. The van der Waals surface area contributed by atoms with E-state index in [4.69, 9.17) is 19.9 Å². The van der Waals surface area contributed by atoms with E-state index in [2.05, 4.69) is 9.97 Å². The Kier molecular flexibility index (Phi) is 6.91. The van der Waals surface area contributed by atoms with Crippen LogP contribution in [0.4, 0.5) is 11.6 Å². The van der Waals surface area contributed by atoms with Crippen molar-refractivity contribution in [2.45, 2.75) is 13.5 Å². The molecule has 0 saturated heterocycles. The van der Waals surface area contributed by atoms with E-state index in [0.29, 0.717) is 35.1 Å². The van der Waals surface area contributed by atoms with Gasteiger partial charge in [-0.15, -0.1) is 0 Å². The molecule has 10 nitrogen and oxygen atoms in total. The summed E-state index contributed by atoms with van der Waals surface area (Å²) in [6, 6.07) is 17.9. The number of hydrogen-bond donors (Lipinski definition) is 2. The molecule has 4 aromatic rings. The Morgan fingerprint density at radius 3 is 2.43 bits per heavy atom. The molecule has 0 bridgehead atoms. The van der Waals surface area contributed by atoms with Gasteiger partial charge in [0.1, 0.15) is 23.8 Å². The molecule has 35 heavy (non-hydrogen) atoms. The second kappa shape index (κ2) is 10.4. The van der Waals surface area contributed by atoms with Crippen LogP contribution in [0.3, 0.4) is 0 Å². The van der Waals surface area contributed by atoms with Crippen LogP contribution in [0, 0.1) is 10.1 Å². The van der Waals surface area contributed by atoms with Gasteiger partial charge >= 0.3 is 0 Å². The number of nitro benzene ring substituents is 1. The van der Waals surface area contributed by atoms with E-state index in [-0.39, 0.29) is 29.7 Å². The Morgan fingerprint density at radius 1 is 1.00 bits per heavy atom.